The molecule has 1 rings (SSSR count). The van der Waals surface area contributed by atoms with Gasteiger partial charge in [0.05, 0.1) is 6.20 Å². The van der Waals surface area contributed by atoms with Crippen LogP contribution < -0.4 is 4.72 Å². The van der Waals surface area contributed by atoms with Gasteiger partial charge in [-0.1, -0.05) is 0 Å². The van der Waals surface area contributed by atoms with Gasteiger partial charge >= 0.3 is 0 Å². The number of hydrogen-bond donors (Lipinski definition) is 2. The second-order valence-electron chi connectivity index (χ2n) is 3.01. The van der Waals surface area contributed by atoms with Crippen molar-refractivity contribution in [3.05, 3.63) is 12.0 Å². The lowest BCUT2D eigenvalue weighted by molar-refractivity contribution is 0.567. The largest absolute Gasteiger partial charge is 0.332 e. The van der Waals surface area contributed by atoms with E-state index in [4.69, 9.17) is 11.6 Å². The van der Waals surface area contributed by atoms with Gasteiger partial charge < -0.3 is 4.98 Å². The van der Waals surface area contributed by atoms with E-state index in [0.29, 0.717) is 5.82 Å². The lowest BCUT2D eigenvalue weighted by Crippen LogP contribution is -2.33. The monoisotopic (exact) mass is 237 g/mol. The molecule has 0 saturated heterocycles. The number of hydrogen-bond acceptors (Lipinski definition) is 3. The molecule has 0 fully saturated rings. The molecule has 1 heterocycles. The molecular weight excluding hydrogens is 226 g/mol. The molecule has 7 heteroatoms. The van der Waals surface area contributed by atoms with E-state index in [0.717, 1.165) is 0 Å². The van der Waals surface area contributed by atoms with Crippen molar-refractivity contribution < 1.29 is 8.42 Å². The Labute approximate surface area is 87.9 Å². The van der Waals surface area contributed by atoms with Gasteiger partial charge in [0.2, 0.25) is 0 Å². The Balaban J connectivity index is 2.86. The second-order valence-corrected chi connectivity index (χ2v) is 5.00. The molecule has 1 unspecified atom stereocenters. The van der Waals surface area contributed by atoms with Crippen molar-refractivity contribution in [2.75, 3.05) is 5.88 Å². The summed E-state index contributed by atoms with van der Waals surface area (Å²) in [5.74, 6) is 0.788. The first-order chi connectivity index (χ1) is 6.45. The first-order valence-corrected chi connectivity index (χ1v) is 6.07. The highest BCUT2D eigenvalue weighted by molar-refractivity contribution is 7.89. The summed E-state index contributed by atoms with van der Waals surface area (Å²) < 4.78 is 25.6. The number of imidazole rings is 1. The van der Waals surface area contributed by atoms with Crippen LogP contribution in [0.15, 0.2) is 11.2 Å². The topological polar surface area (TPSA) is 74.8 Å². The van der Waals surface area contributed by atoms with E-state index in [-0.39, 0.29) is 16.9 Å². The molecular formula is C7H12ClN3O2S. The number of aryl methyl sites for hydroxylation is 1. The number of nitrogens with zero attached hydrogens (tertiary/aromatic N) is 1. The van der Waals surface area contributed by atoms with Crippen LogP contribution in [0.25, 0.3) is 0 Å². The van der Waals surface area contributed by atoms with Crippen molar-refractivity contribution in [1.29, 1.82) is 0 Å². The van der Waals surface area contributed by atoms with Gasteiger partial charge in [-0.2, -0.15) is 0 Å². The lowest BCUT2D eigenvalue weighted by Gasteiger charge is -2.09. The number of nitrogens with one attached hydrogen (secondary N) is 2. The van der Waals surface area contributed by atoms with E-state index in [1.54, 1.807) is 13.8 Å². The van der Waals surface area contributed by atoms with Crippen LogP contribution >= 0.6 is 11.6 Å². The molecule has 0 amide bonds. The third kappa shape index (κ3) is 2.70. The molecule has 0 bridgehead atoms. The molecule has 0 aliphatic heterocycles. The van der Waals surface area contributed by atoms with Crippen LogP contribution in [0, 0.1) is 6.92 Å². The van der Waals surface area contributed by atoms with Crippen LogP contribution in [0.5, 0.6) is 0 Å². The quantitative estimate of drug-likeness (QED) is 0.754. The lowest BCUT2D eigenvalue weighted by atomic mass is 10.4. The van der Waals surface area contributed by atoms with Crippen molar-refractivity contribution in [3.63, 3.8) is 0 Å². The van der Waals surface area contributed by atoms with Gasteiger partial charge in [0, 0.05) is 11.9 Å². The molecule has 80 valence electrons. The highest BCUT2D eigenvalue weighted by Gasteiger charge is 2.18. The molecule has 0 aromatic carbocycles. The van der Waals surface area contributed by atoms with E-state index in [9.17, 15) is 8.42 Å². The maximum atomic E-state index is 11.6. The molecule has 2 N–H and O–H groups in total. The van der Waals surface area contributed by atoms with Crippen molar-refractivity contribution in [2.45, 2.75) is 24.9 Å². The van der Waals surface area contributed by atoms with E-state index in [1.807, 2.05) is 0 Å². The molecule has 0 aliphatic carbocycles. The van der Waals surface area contributed by atoms with Crippen LogP contribution in [-0.2, 0) is 10.0 Å². The molecule has 5 nitrogen and oxygen atoms in total. The van der Waals surface area contributed by atoms with E-state index >= 15 is 0 Å². The number of aromatic nitrogens is 2. The van der Waals surface area contributed by atoms with Gasteiger partial charge in [0.15, 0.2) is 5.03 Å². The normalized spacial score (nSPS) is 14.2. The zero-order valence-corrected chi connectivity index (χ0v) is 9.48. The Morgan fingerprint density at radius 3 is 2.79 bits per heavy atom. The number of alkyl halides is 1. The standard InChI is InChI=1S/C7H12ClN3O2S/c1-5(3-8)11-14(12,13)7-4-9-6(2)10-7/h4-5,11H,3H2,1-2H3,(H,9,10). The molecule has 1 aromatic rings. The molecule has 0 saturated carbocycles. The summed E-state index contributed by atoms with van der Waals surface area (Å²) in [5, 5.41) is 0.0620. The number of aromatic amines is 1. The van der Waals surface area contributed by atoms with Crippen molar-refractivity contribution in [3.8, 4) is 0 Å². The van der Waals surface area contributed by atoms with E-state index < -0.39 is 10.0 Å². The maximum Gasteiger partial charge on any atom is 0.257 e. The SMILES string of the molecule is Cc1ncc(S(=O)(=O)NC(C)CCl)[nH]1. The smallest absolute Gasteiger partial charge is 0.257 e. The van der Waals surface area contributed by atoms with Crippen molar-refractivity contribution in [1.82, 2.24) is 14.7 Å². The van der Waals surface area contributed by atoms with Crippen molar-refractivity contribution in [2.24, 2.45) is 0 Å². The van der Waals surface area contributed by atoms with Crippen LogP contribution in [0.4, 0.5) is 0 Å². The Bertz CT molecular complexity index is 401. The van der Waals surface area contributed by atoms with Gasteiger partial charge in [0.1, 0.15) is 5.82 Å². The van der Waals surface area contributed by atoms with E-state index in [1.165, 1.54) is 6.20 Å². The molecule has 0 radical (unpaired) electrons. The predicted molar refractivity (Wildman–Crippen MR) is 53.8 cm³/mol. The van der Waals surface area contributed by atoms with Crippen LogP contribution in [0.3, 0.4) is 0 Å². The van der Waals surface area contributed by atoms with Crippen LogP contribution in [-0.4, -0.2) is 30.3 Å². The first kappa shape index (κ1) is 11.5. The fourth-order valence-corrected chi connectivity index (χ4v) is 2.28. The number of sulfonamides is 1. The number of halogens is 1. The van der Waals surface area contributed by atoms with E-state index in [2.05, 4.69) is 14.7 Å². The fourth-order valence-electron chi connectivity index (χ4n) is 0.895. The van der Waals surface area contributed by atoms with Gasteiger partial charge in [0.25, 0.3) is 10.0 Å². The minimum Gasteiger partial charge on any atom is -0.332 e. The Kier molecular flexibility index (Phi) is 3.52. The summed E-state index contributed by atoms with van der Waals surface area (Å²) >= 11 is 5.50. The third-order valence-corrected chi connectivity index (χ3v) is 3.52. The minimum atomic E-state index is -3.50. The number of rotatable bonds is 4. The van der Waals surface area contributed by atoms with Crippen molar-refractivity contribution >= 4 is 21.6 Å². The molecule has 0 aliphatic rings. The first-order valence-electron chi connectivity index (χ1n) is 4.05. The van der Waals surface area contributed by atoms with Crippen LogP contribution in [0.1, 0.15) is 12.7 Å². The Hall–Kier alpha value is -0.590. The zero-order chi connectivity index (χ0) is 10.8. The minimum absolute atomic E-state index is 0.0620. The molecule has 0 spiro atoms. The summed E-state index contributed by atoms with van der Waals surface area (Å²) in [6, 6.07) is -0.301. The molecule has 14 heavy (non-hydrogen) atoms. The summed E-state index contributed by atoms with van der Waals surface area (Å²) in [7, 11) is -3.50. The third-order valence-electron chi connectivity index (χ3n) is 1.56. The highest BCUT2D eigenvalue weighted by atomic mass is 35.5. The maximum absolute atomic E-state index is 11.6. The summed E-state index contributed by atoms with van der Waals surface area (Å²) in [4.78, 5) is 6.45. The van der Waals surface area contributed by atoms with Crippen LogP contribution in [0.2, 0.25) is 0 Å². The highest BCUT2D eigenvalue weighted by Crippen LogP contribution is 2.05. The second kappa shape index (κ2) is 4.29. The summed E-state index contributed by atoms with van der Waals surface area (Å²) in [5.41, 5.74) is 0. The fraction of sp³-hybridized carbons (Fsp3) is 0.571. The summed E-state index contributed by atoms with van der Waals surface area (Å²) in [6.07, 6.45) is 1.28. The van der Waals surface area contributed by atoms with Gasteiger partial charge in [-0.25, -0.2) is 18.1 Å². The van der Waals surface area contributed by atoms with Gasteiger partial charge in [-0.3, -0.25) is 0 Å². The molecule has 1 atom stereocenters. The zero-order valence-electron chi connectivity index (χ0n) is 7.91. The summed E-state index contributed by atoms with van der Waals surface area (Å²) in [6.45, 7) is 3.37. The molecule has 1 aromatic heterocycles. The number of H-pyrrole nitrogens is 1. The Morgan fingerprint density at radius 2 is 2.36 bits per heavy atom. The van der Waals surface area contributed by atoms with Gasteiger partial charge in [-0.05, 0) is 13.8 Å². The average molecular weight is 238 g/mol. The Morgan fingerprint density at radius 1 is 1.71 bits per heavy atom. The predicted octanol–water partition coefficient (Wildman–Crippen LogP) is 0.624. The average Bonchev–Trinajstić information content (AvgIpc) is 2.51. The van der Waals surface area contributed by atoms with Gasteiger partial charge in [-0.15, -0.1) is 11.6 Å².